The highest BCUT2D eigenvalue weighted by Gasteiger charge is 2.52. The highest BCUT2D eigenvalue weighted by molar-refractivity contribution is 6.06. The minimum absolute atomic E-state index is 0.0803. The SMILES string of the molecule is Cn1c2ccncc2c2ccc(N3CC4(CC(O)C4)C3)nc21. The largest absolute Gasteiger partial charge is 0.393 e. The van der Waals surface area contributed by atoms with E-state index < -0.39 is 0 Å². The number of fused-ring (bicyclic) bond motifs is 3. The number of aliphatic hydroxyl groups excluding tert-OH is 1. The van der Waals surface area contributed by atoms with E-state index in [-0.39, 0.29) is 6.10 Å². The predicted molar refractivity (Wildman–Crippen MR) is 85.9 cm³/mol. The van der Waals surface area contributed by atoms with Crippen LogP contribution in [-0.2, 0) is 7.05 Å². The molecule has 0 bridgehead atoms. The number of aliphatic hydroxyl groups is 1. The van der Waals surface area contributed by atoms with E-state index in [0.29, 0.717) is 5.41 Å². The lowest BCUT2D eigenvalue weighted by molar-refractivity contribution is -0.0494. The molecule has 3 aromatic rings. The van der Waals surface area contributed by atoms with Crippen molar-refractivity contribution in [2.75, 3.05) is 18.0 Å². The second kappa shape index (κ2) is 3.98. The fourth-order valence-electron chi connectivity index (χ4n) is 4.21. The molecule has 3 aromatic heterocycles. The number of rotatable bonds is 1. The summed E-state index contributed by atoms with van der Waals surface area (Å²) in [5.41, 5.74) is 2.53. The number of hydrogen-bond donors (Lipinski definition) is 1. The van der Waals surface area contributed by atoms with Crippen LogP contribution >= 0.6 is 0 Å². The molecule has 1 spiro atoms. The first-order chi connectivity index (χ1) is 10.7. The third kappa shape index (κ3) is 1.52. The standard InChI is InChI=1S/C17H18N4O/c1-20-14-4-5-18-8-13(14)12-2-3-15(19-16(12)20)21-9-17(10-21)6-11(22)7-17/h2-5,8,11,22H,6-7,9-10H2,1H3. The van der Waals surface area contributed by atoms with E-state index >= 15 is 0 Å². The summed E-state index contributed by atoms with van der Waals surface area (Å²) in [6, 6.07) is 6.30. The average Bonchev–Trinajstić information content (AvgIpc) is 2.75. The average molecular weight is 294 g/mol. The van der Waals surface area contributed by atoms with Crippen LogP contribution in [0, 0.1) is 5.41 Å². The Kier molecular flexibility index (Phi) is 2.25. The predicted octanol–water partition coefficient (Wildman–Crippen LogP) is 2.08. The highest BCUT2D eigenvalue weighted by atomic mass is 16.3. The van der Waals surface area contributed by atoms with E-state index in [1.54, 1.807) is 0 Å². The maximum absolute atomic E-state index is 9.52. The first-order valence-corrected chi connectivity index (χ1v) is 7.77. The summed E-state index contributed by atoms with van der Waals surface area (Å²) < 4.78 is 2.14. The Labute approximate surface area is 128 Å². The number of aryl methyl sites for hydroxylation is 1. The van der Waals surface area contributed by atoms with Crippen molar-refractivity contribution in [2.45, 2.75) is 18.9 Å². The van der Waals surface area contributed by atoms with Crippen LogP contribution < -0.4 is 4.90 Å². The molecule has 0 unspecified atom stereocenters. The van der Waals surface area contributed by atoms with Crippen molar-refractivity contribution < 1.29 is 5.11 Å². The smallest absolute Gasteiger partial charge is 0.143 e. The van der Waals surface area contributed by atoms with Gasteiger partial charge in [-0.15, -0.1) is 0 Å². The van der Waals surface area contributed by atoms with E-state index in [0.717, 1.165) is 53.7 Å². The van der Waals surface area contributed by atoms with E-state index in [1.165, 1.54) is 0 Å². The summed E-state index contributed by atoms with van der Waals surface area (Å²) in [5, 5.41) is 11.8. The van der Waals surface area contributed by atoms with Gasteiger partial charge in [0, 0.05) is 48.7 Å². The molecule has 1 N–H and O–H groups in total. The van der Waals surface area contributed by atoms with Crippen LogP contribution in [-0.4, -0.2) is 38.8 Å². The van der Waals surface area contributed by atoms with Crippen molar-refractivity contribution in [3.63, 3.8) is 0 Å². The fraction of sp³-hybridized carbons (Fsp3) is 0.412. The molecular formula is C17H18N4O. The van der Waals surface area contributed by atoms with Crippen LogP contribution in [0.2, 0.25) is 0 Å². The first-order valence-electron chi connectivity index (χ1n) is 7.77. The zero-order chi connectivity index (χ0) is 14.9. The summed E-state index contributed by atoms with van der Waals surface area (Å²) in [6.45, 7) is 2.04. The fourth-order valence-corrected chi connectivity index (χ4v) is 4.21. The summed E-state index contributed by atoms with van der Waals surface area (Å²) in [6.07, 6.45) is 5.55. The maximum atomic E-state index is 9.52. The normalized spacial score (nSPS) is 20.5. The van der Waals surface area contributed by atoms with Gasteiger partial charge < -0.3 is 14.6 Å². The van der Waals surface area contributed by atoms with Crippen LogP contribution in [0.1, 0.15) is 12.8 Å². The van der Waals surface area contributed by atoms with Gasteiger partial charge in [-0.3, -0.25) is 4.98 Å². The molecule has 5 nitrogen and oxygen atoms in total. The minimum atomic E-state index is -0.0803. The zero-order valence-electron chi connectivity index (χ0n) is 12.5. The third-order valence-corrected chi connectivity index (χ3v) is 5.34. The van der Waals surface area contributed by atoms with Crippen LogP contribution in [0.5, 0.6) is 0 Å². The van der Waals surface area contributed by atoms with Gasteiger partial charge in [-0.25, -0.2) is 4.98 Å². The minimum Gasteiger partial charge on any atom is -0.393 e. The molecule has 22 heavy (non-hydrogen) atoms. The van der Waals surface area contributed by atoms with Gasteiger partial charge in [0.25, 0.3) is 0 Å². The Bertz CT molecular complexity index is 886. The van der Waals surface area contributed by atoms with E-state index in [9.17, 15) is 5.11 Å². The molecule has 0 radical (unpaired) electrons. The van der Waals surface area contributed by atoms with Gasteiger partial charge in [0.1, 0.15) is 11.5 Å². The number of nitrogens with zero attached hydrogens (tertiary/aromatic N) is 4. The van der Waals surface area contributed by atoms with Gasteiger partial charge in [-0.05, 0) is 31.0 Å². The topological polar surface area (TPSA) is 54.2 Å². The lowest BCUT2D eigenvalue weighted by Gasteiger charge is -2.58. The van der Waals surface area contributed by atoms with Crippen molar-refractivity contribution in [2.24, 2.45) is 12.5 Å². The van der Waals surface area contributed by atoms with Gasteiger partial charge in [-0.2, -0.15) is 0 Å². The van der Waals surface area contributed by atoms with Crippen LogP contribution in [0.25, 0.3) is 21.9 Å². The molecule has 4 heterocycles. The van der Waals surface area contributed by atoms with Gasteiger partial charge in [0.15, 0.2) is 0 Å². The van der Waals surface area contributed by atoms with E-state index in [1.807, 2.05) is 18.5 Å². The molecular weight excluding hydrogens is 276 g/mol. The lowest BCUT2D eigenvalue weighted by atomic mass is 9.62. The molecule has 0 aromatic carbocycles. The lowest BCUT2D eigenvalue weighted by Crippen LogP contribution is -2.64. The molecule has 112 valence electrons. The van der Waals surface area contributed by atoms with Crippen LogP contribution in [0.4, 0.5) is 5.82 Å². The number of anilines is 1. The van der Waals surface area contributed by atoms with Crippen molar-refractivity contribution in [1.82, 2.24) is 14.5 Å². The van der Waals surface area contributed by atoms with E-state index in [2.05, 4.69) is 33.6 Å². The second-order valence-corrected chi connectivity index (χ2v) is 6.91. The molecule has 2 aliphatic rings. The number of pyridine rings is 2. The molecule has 0 amide bonds. The highest BCUT2D eigenvalue weighted by Crippen LogP contribution is 2.49. The van der Waals surface area contributed by atoms with Gasteiger partial charge in [0.2, 0.25) is 0 Å². The molecule has 2 fully saturated rings. The maximum Gasteiger partial charge on any atom is 0.143 e. The van der Waals surface area contributed by atoms with Crippen molar-refractivity contribution in [1.29, 1.82) is 0 Å². The Morgan fingerprint density at radius 3 is 2.77 bits per heavy atom. The van der Waals surface area contributed by atoms with Crippen molar-refractivity contribution >= 4 is 27.8 Å². The Morgan fingerprint density at radius 1 is 1.18 bits per heavy atom. The Balaban J connectivity index is 1.54. The molecule has 1 saturated carbocycles. The molecule has 1 aliphatic carbocycles. The number of aromatic nitrogens is 3. The summed E-state index contributed by atoms with van der Waals surface area (Å²) >= 11 is 0. The molecule has 5 heteroatoms. The van der Waals surface area contributed by atoms with Crippen molar-refractivity contribution in [3.05, 3.63) is 30.6 Å². The quantitative estimate of drug-likeness (QED) is 0.746. The molecule has 1 aliphatic heterocycles. The summed E-state index contributed by atoms with van der Waals surface area (Å²) in [4.78, 5) is 11.4. The van der Waals surface area contributed by atoms with Crippen LogP contribution in [0.3, 0.4) is 0 Å². The van der Waals surface area contributed by atoms with Gasteiger partial charge >= 0.3 is 0 Å². The zero-order valence-corrected chi connectivity index (χ0v) is 12.5. The number of hydrogen-bond acceptors (Lipinski definition) is 4. The first kappa shape index (κ1) is 12.4. The monoisotopic (exact) mass is 294 g/mol. The van der Waals surface area contributed by atoms with E-state index in [4.69, 9.17) is 4.98 Å². The summed E-state index contributed by atoms with van der Waals surface area (Å²) in [5.74, 6) is 1.04. The molecule has 1 saturated heterocycles. The van der Waals surface area contributed by atoms with Gasteiger partial charge in [-0.1, -0.05) is 0 Å². The molecule has 5 rings (SSSR count). The summed E-state index contributed by atoms with van der Waals surface area (Å²) in [7, 11) is 2.06. The Hall–Kier alpha value is -2.14. The third-order valence-electron chi connectivity index (χ3n) is 5.34. The van der Waals surface area contributed by atoms with Gasteiger partial charge in [0.05, 0.1) is 11.6 Å². The van der Waals surface area contributed by atoms with Crippen LogP contribution in [0.15, 0.2) is 30.6 Å². The second-order valence-electron chi connectivity index (χ2n) is 6.91. The van der Waals surface area contributed by atoms with Crippen molar-refractivity contribution in [3.8, 4) is 0 Å². The Morgan fingerprint density at radius 2 is 2.00 bits per heavy atom. The molecule has 0 atom stereocenters.